The molecule has 0 N–H and O–H groups in total. The largest absolute Gasteiger partial charge is 0.310 e. The number of hydrogen-bond acceptors (Lipinski definition) is 0. The lowest BCUT2D eigenvalue weighted by atomic mass is 9.94. The molecular formula is C36H20N2. The maximum absolute atomic E-state index is 2.40. The summed E-state index contributed by atoms with van der Waals surface area (Å²) in [6.45, 7) is 0. The summed E-state index contributed by atoms with van der Waals surface area (Å²) in [5.74, 6) is 0. The summed E-state index contributed by atoms with van der Waals surface area (Å²) in [4.78, 5) is 0. The zero-order valence-electron chi connectivity index (χ0n) is 20.4. The molecule has 6 aromatic heterocycles. The molecule has 2 nitrogen and oxygen atoms in total. The molecule has 38 heavy (non-hydrogen) atoms. The minimum Gasteiger partial charge on any atom is -0.310 e. The Balaban J connectivity index is 1.21. The lowest BCUT2D eigenvalue weighted by molar-refractivity contribution is 1.35. The molecule has 2 heteroatoms. The van der Waals surface area contributed by atoms with E-state index in [1.165, 1.54) is 88.4 Å². The van der Waals surface area contributed by atoms with Crippen molar-refractivity contribution in [2.45, 2.75) is 0 Å². The summed E-state index contributed by atoms with van der Waals surface area (Å²) in [6.07, 6.45) is 0. The fourth-order valence-electron chi connectivity index (χ4n) is 7.15. The molecule has 174 valence electrons. The fraction of sp³-hybridized carbons (Fsp3) is 0. The van der Waals surface area contributed by atoms with Crippen LogP contribution in [0.15, 0.2) is 121 Å². The van der Waals surface area contributed by atoms with Crippen LogP contribution in [0.25, 0.3) is 88.4 Å². The normalized spacial score (nSPS) is 12.7. The van der Waals surface area contributed by atoms with E-state index in [4.69, 9.17) is 0 Å². The zero-order valence-corrected chi connectivity index (χ0v) is 20.4. The van der Waals surface area contributed by atoms with Crippen LogP contribution in [0.2, 0.25) is 0 Å². The van der Waals surface area contributed by atoms with E-state index >= 15 is 0 Å². The third-order valence-electron chi connectivity index (χ3n) is 8.82. The van der Waals surface area contributed by atoms with Gasteiger partial charge in [-0.05, 0) is 111 Å². The molecule has 0 saturated heterocycles. The van der Waals surface area contributed by atoms with E-state index in [-0.39, 0.29) is 0 Å². The van der Waals surface area contributed by atoms with Gasteiger partial charge in [0.05, 0.1) is 11.0 Å². The number of nitrogens with zero attached hydrogens (tertiary/aromatic N) is 2. The average molecular weight is 481 g/mol. The van der Waals surface area contributed by atoms with Crippen LogP contribution in [0.5, 0.6) is 0 Å². The Morgan fingerprint density at radius 2 is 0.868 bits per heavy atom. The summed E-state index contributed by atoms with van der Waals surface area (Å²) in [7, 11) is 0. The van der Waals surface area contributed by atoms with Crippen molar-refractivity contribution in [3.63, 3.8) is 0 Å². The van der Waals surface area contributed by atoms with Crippen molar-refractivity contribution < 1.29 is 0 Å². The van der Waals surface area contributed by atoms with Crippen LogP contribution >= 0.6 is 0 Å². The van der Waals surface area contributed by atoms with E-state index in [0.29, 0.717) is 0 Å². The van der Waals surface area contributed by atoms with Gasteiger partial charge in [-0.25, -0.2) is 0 Å². The Morgan fingerprint density at radius 1 is 0.342 bits per heavy atom. The highest BCUT2D eigenvalue weighted by molar-refractivity contribution is 6.19. The summed E-state index contributed by atoms with van der Waals surface area (Å²) in [5.41, 5.74) is 18.0. The quantitative estimate of drug-likeness (QED) is 0.233. The van der Waals surface area contributed by atoms with Crippen molar-refractivity contribution in [2.24, 2.45) is 0 Å². The Morgan fingerprint density at radius 3 is 1.61 bits per heavy atom. The predicted molar refractivity (Wildman–Crippen MR) is 159 cm³/mol. The number of pyridine rings is 2. The predicted octanol–water partition coefficient (Wildman–Crippen LogP) is 9.51. The van der Waals surface area contributed by atoms with E-state index in [1.807, 2.05) is 0 Å². The van der Waals surface area contributed by atoms with Gasteiger partial charge in [0.15, 0.2) is 0 Å². The minimum absolute atomic E-state index is 1.25. The number of fused-ring (bicyclic) bond motifs is 3. The molecule has 9 aromatic rings. The molecule has 0 fully saturated rings. The minimum atomic E-state index is 1.25. The van der Waals surface area contributed by atoms with Gasteiger partial charge in [0, 0.05) is 33.2 Å². The van der Waals surface area contributed by atoms with Crippen LogP contribution in [0.4, 0.5) is 0 Å². The monoisotopic (exact) mass is 480 g/mol. The molecule has 1 aliphatic rings. The second-order valence-electron chi connectivity index (χ2n) is 10.6. The highest BCUT2D eigenvalue weighted by atomic mass is 14.9. The Labute approximate surface area is 218 Å². The van der Waals surface area contributed by atoms with Crippen molar-refractivity contribution in [2.75, 3.05) is 0 Å². The zero-order chi connectivity index (χ0) is 24.5. The van der Waals surface area contributed by atoms with Gasteiger partial charge in [0.1, 0.15) is 0 Å². The lowest BCUT2D eigenvalue weighted by Gasteiger charge is -2.11. The molecule has 1 aliphatic carbocycles. The van der Waals surface area contributed by atoms with E-state index in [1.54, 1.807) is 0 Å². The van der Waals surface area contributed by atoms with Gasteiger partial charge in [0.25, 0.3) is 0 Å². The summed E-state index contributed by atoms with van der Waals surface area (Å²) >= 11 is 0. The van der Waals surface area contributed by atoms with Crippen LogP contribution in [0.3, 0.4) is 0 Å². The Bertz CT molecular complexity index is 2400. The maximum Gasteiger partial charge on any atom is 0.0541 e. The first-order chi connectivity index (χ1) is 18.8. The van der Waals surface area contributed by atoms with Crippen LogP contribution < -0.4 is 0 Å². The molecule has 0 spiro atoms. The summed E-state index contributed by atoms with van der Waals surface area (Å²) < 4.78 is 4.72. The van der Waals surface area contributed by atoms with Crippen LogP contribution in [0.1, 0.15) is 0 Å². The van der Waals surface area contributed by atoms with Gasteiger partial charge in [-0.1, -0.05) is 54.6 Å². The summed E-state index contributed by atoms with van der Waals surface area (Å²) in [5, 5.41) is 2.69. The molecular weight excluding hydrogens is 460 g/mol. The first-order valence-electron chi connectivity index (χ1n) is 13.2. The highest BCUT2D eigenvalue weighted by Gasteiger charge is 2.24. The SMILES string of the molecule is c1cc2c3c(ccc(-c4ccc5ccc6ccc4n56)c3c1)-c1ccc(-c3ccc4ccc5ccc3n45)cc1-2. The fourth-order valence-corrected chi connectivity index (χ4v) is 7.15. The van der Waals surface area contributed by atoms with E-state index < -0.39 is 0 Å². The van der Waals surface area contributed by atoms with Gasteiger partial charge in [0.2, 0.25) is 0 Å². The van der Waals surface area contributed by atoms with Crippen LogP contribution in [-0.4, -0.2) is 8.80 Å². The first kappa shape index (κ1) is 19.1. The molecule has 6 heterocycles. The van der Waals surface area contributed by atoms with Gasteiger partial charge in [-0.15, -0.1) is 0 Å². The Kier molecular flexibility index (Phi) is 3.23. The second-order valence-corrected chi connectivity index (χ2v) is 10.6. The standard InChI is InChI=1S/C36H20N2/c1-2-30-27(29-15-10-23-6-8-25-12-19-35(29)38(23)25)16-17-32-28-13-4-21(20-33(28)31(3-1)36(30)32)26-14-9-22-5-7-24-11-18-34(26)37(22)24/h1-20H. The molecule has 3 aromatic carbocycles. The van der Waals surface area contributed by atoms with Crippen molar-refractivity contribution in [1.82, 2.24) is 8.80 Å². The van der Waals surface area contributed by atoms with Crippen molar-refractivity contribution in [3.8, 4) is 44.5 Å². The maximum atomic E-state index is 2.40. The van der Waals surface area contributed by atoms with Crippen LogP contribution in [-0.2, 0) is 0 Å². The second kappa shape index (κ2) is 6.42. The third kappa shape index (κ3) is 2.17. The Hall–Kier alpha value is -5.08. The van der Waals surface area contributed by atoms with Gasteiger partial charge in [-0.3, -0.25) is 0 Å². The smallest absolute Gasteiger partial charge is 0.0541 e. The highest BCUT2D eigenvalue weighted by Crippen LogP contribution is 2.51. The number of benzene rings is 3. The molecule has 0 radical (unpaired) electrons. The molecule has 0 atom stereocenters. The number of hydrogen-bond donors (Lipinski definition) is 0. The number of rotatable bonds is 2. The molecule has 0 saturated carbocycles. The molecule has 10 rings (SSSR count). The van der Waals surface area contributed by atoms with E-state index in [2.05, 4.69) is 130 Å². The third-order valence-corrected chi connectivity index (χ3v) is 8.82. The van der Waals surface area contributed by atoms with E-state index in [9.17, 15) is 0 Å². The van der Waals surface area contributed by atoms with Crippen molar-refractivity contribution in [1.29, 1.82) is 0 Å². The van der Waals surface area contributed by atoms with Crippen LogP contribution in [0, 0.1) is 0 Å². The van der Waals surface area contributed by atoms with E-state index in [0.717, 1.165) is 0 Å². The molecule has 0 aliphatic heterocycles. The topological polar surface area (TPSA) is 8.82 Å². The lowest BCUT2D eigenvalue weighted by Crippen LogP contribution is -1.88. The average Bonchev–Trinajstić information content (AvgIpc) is 3.78. The number of aromatic nitrogens is 2. The first-order valence-corrected chi connectivity index (χ1v) is 13.2. The van der Waals surface area contributed by atoms with Gasteiger partial charge < -0.3 is 8.80 Å². The molecule has 0 unspecified atom stereocenters. The molecule has 0 bridgehead atoms. The van der Waals surface area contributed by atoms with Gasteiger partial charge in [-0.2, -0.15) is 0 Å². The van der Waals surface area contributed by atoms with Crippen molar-refractivity contribution in [3.05, 3.63) is 121 Å². The molecule has 0 amide bonds. The van der Waals surface area contributed by atoms with Crippen molar-refractivity contribution >= 4 is 43.9 Å². The van der Waals surface area contributed by atoms with Gasteiger partial charge >= 0.3 is 0 Å². The summed E-state index contributed by atoms with van der Waals surface area (Å²) in [6, 6.07) is 45.3.